The molecule has 1 aliphatic heterocycles. The maximum Gasteiger partial charge on any atom is 0.247 e. The molecule has 2 radical (unpaired) electrons. The van der Waals surface area contributed by atoms with E-state index in [1.54, 1.807) is 6.07 Å². The Balaban J connectivity index is 2.24. The van der Waals surface area contributed by atoms with Crippen LogP contribution in [0.15, 0.2) is 23.1 Å². The summed E-state index contributed by atoms with van der Waals surface area (Å²) < 4.78 is 0. The number of piperidine rings is 1. The molecule has 90 valence electrons. The maximum atomic E-state index is 11.1. The third-order valence-electron chi connectivity index (χ3n) is 3.73. The molecule has 1 aromatic rings. The van der Waals surface area contributed by atoms with E-state index in [0.717, 1.165) is 32.3 Å². The second-order valence-electron chi connectivity index (χ2n) is 4.89. The van der Waals surface area contributed by atoms with E-state index in [9.17, 15) is 4.79 Å². The topological polar surface area (TPSA) is 44.9 Å². The van der Waals surface area contributed by atoms with Gasteiger partial charge in [0.2, 0.25) is 5.56 Å². The van der Waals surface area contributed by atoms with Crippen molar-refractivity contribution >= 4 is 7.85 Å². The fraction of sp³-hybridized carbons (Fsp3) is 0.615. The lowest BCUT2D eigenvalue weighted by molar-refractivity contribution is 0.290. The highest BCUT2D eigenvalue weighted by atomic mass is 16.1. The fourth-order valence-corrected chi connectivity index (χ4v) is 2.75. The van der Waals surface area contributed by atoms with Crippen molar-refractivity contribution in [3.05, 3.63) is 34.2 Å². The predicted octanol–water partition coefficient (Wildman–Crippen LogP) is 1.36. The molecule has 3 nitrogen and oxygen atoms in total. The first-order valence-electron chi connectivity index (χ1n) is 6.37. The van der Waals surface area contributed by atoms with Crippen LogP contribution in [-0.4, -0.2) is 25.9 Å². The predicted molar refractivity (Wildman–Crippen MR) is 70.6 cm³/mol. The number of hydrogen-bond acceptors (Lipinski definition) is 2. The first-order chi connectivity index (χ1) is 8.27. The monoisotopic (exact) mass is 230 g/mol. The van der Waals surface area contributed by atoms with Crippen molar-refractivity contribution in [3.63, 3.8) is 0 Å². The van der Waals surface area contributed by atoms with Crippen molar-refractivity contribution in [1.29, 1.82) is 0 Å². The molecule has 2 N–H and O–H groups in total. The van der Waals surface area contributed by atoms with Crippen LogP contribution in [0.25, 0.3) is 0 Å². The van der Waals surface area contributed by atoms with Crippen molar-refractivity contribution in [2.24, 2.45) is 0 Å². The maximum absolute atomic E-state index is 11.1. The Morgan fingerprint density at radius 2 is 2.29 bits per heavy atom. The number of aromatic amines is 1. The van der Waals surface area contributed by atoms with Gasteiger partial charge in [-0.1, -0.05) is 18.8 Å². The van der Waals surface area contributed by atoms with Crippen molar-refractivity contribution in [2.75, 3.05) is 13.1 Å². The summed E-state index contributed by atoms with van der Waals surface area (Å²) in [6.45, 7) is 2.08. The first kappa shape index (κ1) is 12.4. The van der Waals surface area contributed by atoms with E-state index >= 15 is 0 Å². The number of aromatic nitrogens is 1. The SMILES string of the molecule is [B]CCCC1(c2ccc(=O)[nH]c2)CCCNC1. The van der Waals surface area contributed by atoms with Crippen LogP contribution >= 0.6 is 0 Å². The summed E-state index contributed by atoms with van der Waals surface area (Å²) in [6, 6.07) is 3.58. The third kappa shape index (κ3) is 2.81. The van der Waals surface area contributed by atoms with Crippen LogP contribution in [0.5, 0.6) is 0 Å². The Hall–Kier alpha value is -1.03. The number of H-pyrrole nitrogens is 1. The van der Waals surface area contributed by atoms with Gasteiger partial charge in [0, 0.05) is 24.2 Å². The summed E-state index contributed by atoms with van der Waals surface area (Å²) in [7, 11) is 5.63. The van der Waals surface area contributed by atoms with Crippen LogP contribution in [0.2, 0.25) is 6.32 Å². The average molecular weight is 230 g/mol. The quantitative estimate of drug-likeness (QED) is 0.767. The number of pyridine rings is 1. The van der Waals surface area contributed by atoms with Gasteiger partial charge >= 0.3 is 0 Å². The van der Waals surface area contributed by atoms with Crippen LogP contribution in [0, 0.1) is 0 Å². The van der Waals surface area contributed by atoms with Crippen molar-refractivity contribution in [2.45, 2.75) is 37.4 Å². The van der Waals surface area contributed by atoms with E-state index in [4.69, 9.17) is 7.85 Å². The molecule has 1 atom stereocenters. The lowest BCUT2D eigenvalue weighted by atomic mass is 9.71. The summed E-state index contributed by atoms with van der Waals surface area (Å²) in [5.41, 5.74) is 1.35. The molecule has 1 aliphatic rings. The van der Waals surface area contributed by atoms with Crippen molar-refractivity contribution in [1.82, 2.24) is 10.3 Å². The average Bonchev–Trinajstić information content (AvgIpc) is 2.38. The van der Waals surface area contributed by atoms with Gasteiger partial charge in [-0.15, -0.1) is 0 Å². The molecule has 0 amide bonds. The fourth-order valence-electron chi connectivity index (χ4n) is 2.75. The van der Waals surface area contributed by atoms with E-state index in [-0.39, 0.29) is 11.0 Å². The summed E-state index contributed by atoms with van der Waals surface area (Å²) >= 11 is 0. The highest BCUT2D eigenvalue weighted by Gasteiger charge is 2.33. The minimum Gasteiger partial charge on any atom is -0.329 e. The molecular formula is C13H19BN2O. The van der Waals surface area contributed by atoms with E-state index in [2.05, 4.69) is 10.3 Å². The molecule has 1 aromatic heterocycles. The molecule has 17 heavy (non-hydrogen) atoms. The van der Waals surface area contributed by atoms with Gasteiger partial charge in [-0.25, -0.2) is 0 Å². The highest BCUT2D eigenvalue weighted by Crippen LogP contribution is 2.35. The molecule has 4 heteroatoms. The van der Waals surface area contributed by atoms with Crippen LogP contribution in [-0.2, 0) is 5.41 Å². The normalized spacial score (nSPS) is 24.7. The Bertz CT molecular complexity index is 390. The van der Waals surface area contributed by atoms with E-state index < -0.39 is 0 Å². The molecular weight excluding hydrogens is 211 g/mol. The zero-order valence-electron chi connectivity index (χ0n) is 10.2. The van der Waals surface area contributed by atoms with Gasteiger partial charge < -0.3 is 10.3 Å². The molecule has 0 saturated carbocycles. The summed E-state index contributed by atoms with van der Waals surface area (Å²) in [5.74, 6) is 0. The molecule has 0 aliphatic carbocycles. The Labute approximate surface area is 103 Å². The summed E-state index contributed by atoms with van der Waals surface area (Å²) in [6.07, 6.45) is 7.07. The second-order valence-corrected chi connectivity index (χ2v) is 4.89. The Kier molecular flexibility index (Phi) is 4.05. The van der Waals surface area contributed by atoms with Gasteiger partial charge in [0.05, 0.1) is 7.85 Å². The molecule has 1 fully saturated rings. The number of rotatable bonds is 4. The Morgan fingerprint density at radius 1 is 1.41 bits per heavy atom. The second kappa shape index (κ2) is 5.54. The molecule has 0 spiro atoms. The third-order valence-corrected chi connectivity index (χ3v) is 3.73. The van der Waals surface area contributed by atoms with E-state index in [0.29, 0.717) is 0 Å². The molecule has 2 heterocycles. The summed E-state index contributed by atoms with van der Waals surface area (Å²) in [4.78, 5) is 13.9. The van der Waals surface area contributed by atoms with Gasteiger partial charge in [0.15, 0.2) is 0 Å². The van der Waals surface area contributed by atoms with Gasteiger partial charge in [-0.3, -0.25) is 4.79 Å². The minimum absolute atomic E-state index is 0.0357. The summed E-state index contributed by atoms with van der Waals surface area (Å²) in [5, 5.41) is 3.46. The molecule has 0 aromatic carbocycles. The van der Waals surface area contributed by atoms with Crippen LogP contribution in [0.4, 0.5) is 0 Å². The lowest BCUT2D eigenvalue weighted by Crippen LogP contribution is -2.43. The Morgan fingerprint density at radius 3 is 2.88 bits per heavy atom. The molecule has 1 saturated heterocycles. The first-order valence-corrected chi connectivity index (χ1v) is 6.37. The van der Waals surface area contributed by atoms with Gasteiger partial charge in [0.1, 0.15) is 0 Å². The van der Waals surface area contributed by atoms with Crippen molar-refractivity contribution in [3.8, 4) is 0 Å². The number of hydrogen-bond donors (Lipinski definition) is 2. The van der Waals surface area contributed by atoms with Crippen LogP contribution in [0.3, 0.4) is 0 Å². The lowest BCUT2D eigenvalue weighted by Gasteiger charge is -2.38. The van der Waals surface area contributed by atoms with Gasteiger partial charge in [0.25, 0.3) is 0 Å². The smallest absolute Gasteiger partial charge is 0.247 e. The molecule has 0 bridgehead atoms. The molecule has 2 rings (SSSR count). The van der Waals surface area contributed by atoms with Gasteiger partial charge in [-0.2, -0.15) is 0 Å². The van der Waals surface area contributed by atoms with E-state index in [1.807, 2.05) is 12.3 Å². The van der Waals surface area contributed by atoms with Crippen molar-refractivity contribution < 1.29 is 0 Å². The largest absolute Gasteiger partial charge is 0.329 e. The number of nitrogens with one attached hydrogen (secondary N) is 2. The molecule has 1 unspecified atom stereocenters. The zero-order valence-corrected chi connectivity index (χ0v) is 10.2. The van der Waals surface area contributed by atoms with Crippen LogP contribution < -0.4 is 10.9 Å². The van der Waals surface area contributed by atoms with E-state index in [1.165, 1.54) is 18.4 Å². The minimum atomic E-state index is -0.0357. The highest BCUT2D eigenvalue weighted by molar-refractivity contribution is 6.08. The zero-order chi connectivity index (χ0) is 12.1. The van der Waals surface area contributed by atoms with Crippen LogP contribution in [0.1, 0.15) is 31.2 Å². The standard InChI is InChI=1S/C13H19BN2O/c14-7-1-5-13(6-2-8-15-10-13)11-3-4-12(17)16-9-11/h3-4,9,15H,1-2,5-8,10H2,(H,16,17). The van der Waals surface area contributed by atoms with Gasteiger partial charge in [-0.05, 0) is 31.4 Å².